The molecule has 12 nitrogen and oxygen atoms in total. The highest BCUT2D eigenvalue weighted by molar-refractivity contribution is 5.66. The molecule has 0 atom stereocenters. The number of carboxylic acids is 2. The van der Waals surface area contributed by atoms with Crippen LogP contribution in [0, 0.1) is 0 Å². The third-order valence-electron chi connectivity index (χ3n) is 4.36. The van der Waals surface area contributed by atoms with E-state index < -0.39 is 11.9 Å². The summed E-state index contributed by atoms with van der Waals surface area (Å²) in [7, 11) is 0. The zero-order chi connectivity index (χ0) is 27.0. The molecular weight excluding hydrogens is 480 g/mol. The second kappa shape index (κ2) is 33.6. The molecule has 0 heterocycles. The van der Waals surface area contributed by atoms with Gasteiger partial charge in [0.15, 0.2) is 0 Å². The van der Waals surface area contributed by atoms with Gasteiger partial charge in [-0.15, -0.1) is 0 Å². The van der Waals surface area contributed by atoms with Crippen molar-refractivity contribution in [3.63, 3.8) is 0 Å². The van der Waals surface area contributed by atoms with Crippen molar-refractivity contribution in [2.75, 3.05) is 92.5 Å². The first-order valence-electron chi connectivity index (χ1n) is 12.7. The Bertz CT molecular complexity index is 411. The van der Waals surface area contributed by atoms with Gasteiger partial charge >= 0.3 is 11.9 Å². The van der Waals surface area contributed by atoms with E-state index >= 15 is 0 Å². The second-order valence-corrected chi connectivity index (χ2v) is 7.53. The monoisotopic (exact) mass is 528 g/mol. The summed E-state index contributed by atoms with van der Waals surface area (Å²) in [6.45, 7) is 5.81. The Morgan fingerprint density at radius 2 is 0.611 bits per heavy atom. The van der Waals surface area contributed by atoms with Crippen molar-refractivity contribution in [2.45, 2.75) is 51.4 Å². The Morgan fingerprint density at radius 1 is 0.389 bits per heavy atom. The molecule has 216 valence electrons. The van der Waals surface area contributed by atoms with Crippen LogP contribution in [0.1, 0.15) is 51.4 Å². The van der Waals surface area contributed by atoms with E-state index in [1.165, 1.54) is 0 Å². The fraction of sp³-hybridized carbons (Fsp3) is 0.917. The maximum absolute atomic E-state index is 10.1. The molecule has 0 aliphatic carbocycles. The first-order valence-corrected chi connectivity index (χ1v) is 12.7. The van der Waals surface area contributed by atoms with E-state index in [2.05, 4.69) is 0 Å². The molecule has 0 bridgehead atoms. The van der Waals surface area contributed by atoms with Crippen LogP contribution in [-0.2, 0) is 38.0 Å². The van der Waals surface area contributed by atoms with Crippen LogP contribution in [0.2, 0.25) is 0 Å². The van der Waals surface area contributed by atoms with E-state index in [1.807, 2.05) is 0 Å². The number of aliphatic carboxylic acids is 2. The van der Waals surface area contributed by atoms with Crippen LogP contribution < -0.4 is 0 Å². The van der Waals surface area contributed by atoms with E-state index in [0.717, 1.165) is 38.5 Å². The number of carboxylic acid groups (broad SMARTS) is 2. The van der Waals surface area contributed by atoms with Crippen molar-refractivity contribution in [1.82, 2.24) is 0 Å². The molecule has 4 N–H and O–H groups in total. The largest absolute Gasteiger partial charge is 0.481 e. The van der Waals surface area contributed by atoms with Crippen molar-refractivity contribution >= 4 is 11.9 Å². The number of hydrogen-bond donors (Lipinski definition) is 4. The maximum Gasteiger partial charge on any atom is 0.303 e. The molecule has 0 fully saturated rings. The number of ether oxygens (including phenoxy) is 6. The molecule has 0 spiro atoms. The van der Waals surface area contributed by atoms with E-state index in [9.17, 15) is 9.59 Å². The quantitative estimate of drug-likeness (QED) is 0.108. The number of carbonyl (C=O) groups is 2. The van der Waals surface area contributed by atoms with Gasteiger partial charge in [-0.25, -0.2) is 0 Å². The van der Waals surface area contributed by atoms with Crippen molar-refractivity contribution in [3.05, 3.63) is 0 Å². The Labute approximate surface area is 214 Å². The van der Waals surface area contributed by atoms with Gasteiger partial charge in [-0.05, 0) is 12.8 Å². The topological polar surface area (TPSA) is 170 Å². The molecule has 0 unspecified atom stereocenters. The molecule has 0 saturated carbocycles. The molecule has 0 aromatic heterocycles. The van der Waals surface area contributed by atoms with Crippen LogP contribution in [0.5, 0.6) is 0 Å². The third kappa shape index (κ3) is 39.8. The molecule has 0 rings (SSSR count). The minimum Gasteiger partial charge on any atom is -0.481 e. The lowest BCUT2D eigenvalue weighted by Crippen LogP contribution is -2.14. The lowest BCUT2D eigenvalue weighted by Gasteiger charge is -2.07. The first-order chi connectivity index (χ1) is 17.5. The smallest absolute Gasteiger partial charge is 0.303 e. The summed E-state index contributed by atoms with van der Waals surface area (Å²) in [6, 6.07) is 0. The zero-order valence-corrected chi connectivity index (χ0v) is 21.6. The van der Waals surface area contributed by atoms with E-state index in [0.29, 0.717) is 79.3 Å². The van der Waals surface area contributed by atoms with Gasteiger partial charge in [-0.1, -0.05) is 25.7 Å². The van der Waals surface area contributed by atoms with Gasteiger partial charge in [0, 0.05) is 12.8 Å². The SMILES string of the molecule is O=C(O)CCCCCCCCC(=O)O.OCCOCCOCCOCCOCCOCCOCCO. The summed E-state index contributed by atoms with van der Waals surface area (Å²) in [4.78, 5) is 20.3. The van der Waals surface area contributed by atoms with Crippen molar-refractivity contribution in [3.8, 4) is 0 Å². The van der Waals surface area contributed by atoms with Crippen LogP contribution in [0.3, 0.4) is 0 Å². The summed E-state index contributed by atoms with van der Waals surface area (Å²) in [5.74, 6) is -1.48. The van der Waals surface area contributed by atoms with Crippen LogP contribution in [-0.4, -0.2) is 125 Å². The lowest BCUT2D eigenvalue weighted by molar-refractivity contribution is -0.138. The second-order valence-electron chi connectivity index (χ2n) is 7.53. The molecule has 0 aromatic carbocycles. The fourth-order valence-electron chi connectivity index (χ4n) is 2.59. The van der Waals surface area contributed by atoms with E-state index in [1.54, 1.807) is 0 Å². The minimum absolute atomic E-state index is 0.0334. The van der Waals surface area contributed by atoms with Gasteiger partial charge in [0.25, 0.3) is 0 Å². The number of aliphatic hydroxyl groups is 2. The van der Waals surface area contributed by atoms with Gasteiger partial charge in [0.05, 0.1) is 92.5 Å². The standard InChI is InChI=1S/C14H30O8.C10H18O4/c15-1-3-17-5-7-19-9-11-21-13-14-22-12-10-20-8-6-18-4-2-16;11-9(12)7-5-3-1-2-4-6-8-10(13)14/h15-16H,1-14H2;1-8H2,(H,11,12)(H,13,14). The molecule has 36 heavy (non-hydrogen) atoms. The predicted octanol–water partition coefficient (Wildman–Crippen LogP) is 1.35. The van der Waals surface area contributed by atoms with Crippen molar-refractivity contribution < 1.29 is 58.4 Å². The molecule has 0 aromatic rings. The van der Waals surface area contributed by atoms with Crippen molar-refractivity contribution in [1.29, 1.82) is 0 Å². The zero-order valence-electron chi connectivity index (χ0n) is 21.6. The normalized spacial score (nSPS) is 10.7. The van der Waals surface area contributed by atoms with Crippen LogP contribution >= 0.6 is 0 Å². The molecule has 12 heteroatoms. The lowest BCUT2D eigenvalue weighted by atomic mass is 10.1. The summed E-state index contributed by atoms with van der Waals surface area (Å²) < 4.78 is 31.2. The molecular formula is C24H48O12. The molecule has 0 aliphatic rings. The molecule has 0 radical (unpaired) electrons. The third-order valence-corrected chi connectivity index (χ3v) is 4.36. The van der Waals surface area contributed by atoms with Gasteiger partial charge in [-0.3, -0.25) is 9.59 Å². The van der Waals surface area contributed by atoms with Crippen molar-refractivity contribution in [2.24, 2.45) is 0 Å². The molecule has 0 saturated heterocycles. The van der Waals surface area contributed by atoms with Gasteiger partial charge in [-0.2, -0.15) is 0 Å². The van der Waals surface area contributed by atoms with Gasteiger partial charge < -0.3 is 48.8 Å². The molecule has 0 amide bonds. The van der Waals surface area contributed by atoms with Gasteiger partial charge in [0.1, 0.15) is 0 Å². The summed E-state index contributed by atoms with van der Waals surface area (Å²) in [5.41, 5.74) is 0. The summed E-state index contributed by atoms with van der Waals surface area (Å²) in [6.07, 6.45) is 5.82. The Balaban J connectivity index is 0. The highest BCUT2D eigenvalue weighted by atomic mass is 16.6. The molecule has 0 aliphatic heterocycles. The Morgan fingerprint density at radius 3 is 0.833 bits per heavy atom. The van der Waals surface area contributed by atoms with E-state index in [-0.39, 0.29) is 26.1 Å². The fourth-order valence-corrected chi connectivity index (χ4v) is 2.59. The van der Waals surface area contributed by atoms with Crippen LogP contribution in [0.4, 0.5) is 0 Å². The number of hydrogen-bond acceptors (Lipinski definition) is 10. The number of aliphatic hydroxyl groups excluding tert-OH is 2. The highest BCUT2D eigenvalue weighted by Gasteiger charge is 1.98. The number of rotatable bonds is 28. The predicted molar refractivity (Wildman–Crippen MR) is 131 cm³/mol. The van der Waals surface area contributed by atoms with Gasteiger partial charge in [0.2, 0.25) is 0 Å². The average Bonchev–Trinajstić information content (AvgIpc) is 2.85. The first kappa shape index (κ1) is 36.8. The van der Waals surface area contributed by atoms with Crippen LogP contribution in [0.25, 0.3) is 0 Å². The Kier molecular flexibility index (Phi) is 34.3. The highest BCUT2D eigenvalue weighted by Crippen LogP contribution is 2.08. The Hall–Kier alpha value is -1.38. The number of unbranched alkanes of at least 4 members (excludes halogenated alkanes) is 5. The average molecular weight is 529 g/mol. The summed E-state index contributed by atoms with van der Waals surface area (Å²) in [5, 5.41) is 33.7. The van der Waals surface area contributed by atoms with Crippen LogP contribution in [0.15, 0.2) is 0 Å². The van der Waals surface area contributed by atoms with E-state index in [4.69, 9.17) is 48.8 Å². The minimum atomic E-state index is -0.740. The maximum atomic E-state index is 10.1. The summed E-state index contributed by atoms with van der Waals surface area (Å²) >= 11 is 0.